The molecule has 2 rings (SSSR count). The van der Waals surface area contributed by atoms with Gasteiger partial charge < -0.3 is 9.64 Å². The van der Waals surface area contributed by atoms with Crippen molar-refractivity contribution in [3.05, 3.63) is 29.8 Å². The molecule has 0 saturated carbocycles. The molecule has 7 heteroatoms. The standard InChI is InChI=1S/C15H22N2O4S/c1-3-13-5-7-14(8-6-13)22(19,20)17-10-4-9-16(11-12-17)15(18)21-2/h5-8H,3-4,9-12H2,1-2H3. The number of rotatable bonds is 3. The molecule has 1 aliphatic rings. The summed E-state index contributed by atoms with van der Waals surface area (Å²) in [6, 6.07) is 6.98. The average molecular weight is 326 g/mol. The zero-order valence-corrected chi connectivity index (χ0v) is 13.8. The Morgan fingerprint density at radius 3 is 2.41 bits per heavy atom. The molecule has 1 heterocycles. The van der Waals surface area contributed by atoms with E-state index in [1.807, 2.05) is 19.1 Å². The third-order valence-corrected chi connectivity index (χ3v) is 5.77. The van der Waals surface area contributed by atoms with E-state index in [1.54, 1.807) is 12.1 Å². The van der Waals surface area contributed by atoms with Gasteiger partial charge in [0.2, 0.25) is 10.0 Å². The van der Waals surface area contributed by atoms with Crippen molar-refractivity contribution in [2.75, 3.05) is 33.3 Å². The number of hydrogen-bond acceptors (Lipinski definition) is 4. The van der Waals surface area contributed by atoms with Gasteiger partial charge >= 0.3 is 6.09 Å². The summed E-state index contributed by atoms with van der Waals surface area (Å²) >= 11 is 0. The Morgan fingerprint density at radius 2 is 1.82 bits per heavy atom. The lowest BCUT2D eigenvalue weighted by Gasteiger charge is -2.21. The SMILES string of the molecule is CCc1ccc(S(=O)(=O)N2CCCN(C(=O)OC)CC2)cc1. The van der Waals surface area contributed by atoms with Crippen molar-refractivity contribution in [2.24, 2.45) is 0 Å². The largest absolute Gasteiger partial charge is 0.453 e. The Morgan fingerprint density at radius 1 is 1.14 bits per heavy atom. The molecule has 0 N–H and O–H groups in total. The third kappa shape index (κ3) is 3.59. The maximum absolute atomic E-state index is 12.7. The minimum atomic E-state index is -3.51. The van der Waals surface area contributed by atoms with Gasteiger partial charge in [-0.3, -0.25) is 0 Å². The van der Waals surface area contributed by atoms with Crippen LogP contribution in [0.4, 0.5) is 4.79 Å². The first-order valence-electron chi connectivity index (χ1n) is 7.41. The van der Waals surface area contributed by atoms with E-state index in [4.69, 9.17) is 4.74 Å². The van der Waals surface area contributed by atoms with Gasteiger partial charge in [0.1, 0.15) is 0 Å². The van der Waals surface area contributed by atoms with Gasteiger partial charge in [-0.1, -0.05) is 19.1 Å². The molecule has 0 atom stereocenters. The minimum Gasteiger partial charge on any atom is -0.453 e. The highest BCUT2D eigenvalue weighted by Crippen LogP contribution is 2.18. The van der Waals surface area contributed by atoms with Crippen molar-refractivity contribution in [3.63, 3.8) is 0 Å². The predicted molar refractivity (Wildman–Crippen MR) is 83.2 cm³/mol. The highest BCUT2D eigenvalue weighted by Gasteiger charge is 2.28. The Labute approximate surface area is 131 Å². The number of benzene rings is 1. The molecule has 1 saturated heterocycles. The number of nitrogens with zero attached hydrogens (tertiary/aromatic N) is 2. The van der Waals surface area contributed by atoms with Gasteiger partial charge in [-0.15, -0.1) is 0 Å². The van der Waals surface area contributed by atoms with E-state index >= 15 is 0 Å². The average Bonchev–Trinajstić information content (AvgIpc) is 2.80. The monoisotopic (exact) mass is 326 g/mol. The van der Waals surface area contributed by atoms with E-state index in [9.17, 15) is 13.2 Å². The number of sulfonamides is 1. The zero-order chi connectivity index (χ0) is 16.2. The number of ether oxygens (including phenoxy) is 1. The first-order valence-corrected chi connectivity index (χ1v) is 8.85. The fraction of sp³-hybridized carbons (Fsp3) is 0.533. The molecule has 0 bridgehead atoms. The van der Waals surface area contributed by atoms with E-state index in [-0.39, 0.29) is 6.54 Å². The second-order valence-corrected chi connectivity index (χ2v) is 7.15. The van der Waals surface area contributed by atoms with Crippen molar-refractivity contribution in [3.8, 4) is 0 Å². The lowest BCUT2D eigenvalue weighted by molar-refractivity contribution is 0.126. The van der Waals surface area contributed by atoms with Crippen molar-refractivity contribution in [2.45, 2.75) is 24.7 Å². The van der Waals surface area contributed by atoms with Gasteiger partial charge in [0.15, 0.2) is 0 Å². The van der Waals surface area contributed by atoms with Crippen molar-refractivity contribution < 1.29 is 17.9 Å². The summed E-state index contributed by atoms with van der Waals surface area (Å²) in [7, 11) is -2.18. The summed E-state index contributed by atoms with van der Waals surface area (Å²) in [5.74, 6) is 0. The molecule has 0 spiro atoms. The van der Waals surface area contributed by atoms with Crippen LogP contribution in [-0.2, 0) is 21.2 Å². The molecule has 0 radical (unpaired) electrons. The Balaban J connectivity index is 2.13. The van der Waals surface area contributed by atoms with E-state index in [0.29, 0.717) is 31.0 Å². The van der Waals surface area contributed by atoms with Crippen LogP contribution < -0.4 is 0 Å². The summed E-state index contributed by atoms with van der Waals surface area (Å²) < 4.78 is 31.5. The van der Waals surface area contributed by atoms with Gasteiger partial charge in [-0.05, 0) is 30.5 Å². The van der Waals surface area contributed by atoms with Crippen LogP contribution in [0.15, 0.2) is 29.2 Å². The lowest BCUT2D eigenvalue weighted by atomic mass is 10.2. The first kappa shape index (κ1) is 16.8. The molecule has 1 fully saturated rings. The molecule has 1 aliphatic heterocycles. The normalized spacial score (nSPS) is 17.1. The van der Waals surface area contributed by atoms with Crippen LogP contribution in [0.3, 0.4) is 0 Å². The third-order valence-electron chi connectivity index (χ3n) is 3.86. The molecule has 1 amide bonds. The molecule has 0 aromatic heterocycles. The second-order valence-electron chi connectivity index (χ2n) is 5.21. The van der Waals surface area contributed by atoms with Gasteiger partial charge in [0.25, 0.3) is 0 Å². The molecule has 1 aromatic carbocycles. The number of hydrogen-bond donors (Lipinski definition) is 0. The molecular weight excluding hydrogens is 304 g/mol. The van der Waals surface area contributed by atoms with E-state index in [2.05, 4.69) is 0 Å². The van der Waals surface area contributed by atoms with E-state index < -0.39 is 16.1 Å². The minimum absolute atomic E-state index is 0.285. The molecule has 1 aromatic rings. The maximum atomic E-state index is 12.7. The summed E-state index contributed by atoms with van der Waals surface area (Å²) in [5.41, 5.74) is 1.10. The van der Waals surface area contributed by atoms with Crippen LogP contribution in [0.1, 0.15) is 18.9 Å². The van der Waals surface area contributed by atoms with E-state index in [0.717, 1.165) is 12.0 Å². The summed E-state index contributed by atoms with van der Waals surface area (Å²) in [4.78, 5) is 13.4. The number of carbonyl (C=O) groups is 1. The van der Waals surface area contributed by atoms with Crippen LogP contribution in [0, 0.1) is 0 Å². The quantitative estimate of drug-likeness (QED) is 0.848. The van der Waals surface area contributed by atoms with Crippen LogP contribution >= 0.6 is 0 Å². The fourth-order valence-electron chi connectivity index (χ4n) is 2.49. The molecule has 122 valence electrons. The Hall–Kier alpha value is -1.60. The zero-order valence-electron chi connectivity index (χ0n) is 13.0. The van der Waals surface area contributed by atoms with Crippen molar-refractivity contribution >= 4 is 16.1 Å². The number of methoxy groups -OCH3 is 1. The highest BCUT2D eigenvalue weighted by molar-refractivity contribution is 7.89. The smallest absolute Gasteiger partial charge is 0.409 e. The predicted octanol–water partition coefficient (Wildman–Crippen LogP) is 1.71. The molecule has 22 heavy (non-hydrogen) atoms. The summed E-state index contributed by atoms with van der Waals surface area (Å²) in [5, 5.41) is 0. The van der Waals surface area contributed by atoms with Crippen molar-refractivity contribution in [1.29, 1.82) is 0 Å². The van der Waals surface area contributed by atoms with Crippen molar-refractivity contribution in [1.82, 2.24) is 9.21 Å². The van der Waals surface area contributed by atoms with Crippen LogP contribution in [-0.4, -0.2) is 57.0 Å². The van der Waals surface area contributed by atoms with Gasteiger partial charge in [0.05, 0.1) is 12.0 Å². The molecule has 0 aliphatic carbocycles. The number of carbonyl (C=O) groups excluding carboxylic acids is 1. The maximum Gasteiger partial charge on any atom is 0.409 e. The lowest BCUT2D eigenvalue weighted by Crippen LogP contribution is -2.37. The van der Waals surface area contributed by atoms with Crippen LogP contribution in [0.5, 0.6) is 0 Å². The fourth-order valence-corrected chi connectivity index (χ4v) is 3.96. The highest BCUT2D eigenvalue weighted by atomic mass is 32.2. The first-order chi connectivity index (χ1) is 10.5. The van der Waals surface area contributed by atoms with Gasteiger partial charge in [-0.2, -0.15) is 4.31 Å². The Kier molecular flexibility index (Phi) is 5.42. The molecular formula is C15H22N2O4S. The number of amides is 1. The Bertz CT molecular complexity index is 613. The number of aryl methyl sites for hydroxylation is 1. The second kappa shape index (κ2) is 7.11. The van der Waals surface area contributed by atoms with Gasteiger partial charge in [0, 0.05) is 26.2 Å². The van der Waals surface area contributed by atoms with Gasteiger partial charge in [-0.25, -0.2) is 13.2 Å². The summed E-state index contributed by atoms with van der Waals surface area (Å²) in [6.45, 7) is 3.57. The molecule has 6 nitrogen and oxygen atoms in total. The molecule has 0 unspecified atom stereocenters. The van der Waals surface area contributed by atoms with E-state index in [1.165, 1.54) is 16.3 Å². The topological polar surface area (TPSA) is 66.9 Å². The van der Waals surface area contributed by atoms with Crippen LogP contribution in [0.25, 0.3) is 0 Å². The summed E-state index contributed by atoms with van der Waals surface area (Å²) in [6.07, 6.45) is 1.06. The van der Waals surface area contributed by atoms with Crippen LogP contribution in [0.2, 0.25) is 0 Å².